The average molecular weight is 664 g/mol. The van der Waals surface area contributed by atoms with E-state index in [9.17, 15) is 0 Å². The summed E-state index contributed by atoms with van der Waals surface area (Å²) in [6.07, 6.45) is -0.299. The van der Waals surface area contributed by atoms with E-state index in [1.807, 2.05) is 23.5 Å². The highest BCUT2D eigenvalue weighted by atomic mass is 32.1. The van der Waals surface area contributed by atoms with Crippen molar-refractivity contribution in [1.82, 2.24) is 5.32 Å². The van der Waals surface area contributed by atoms with Crippen molar-refractivity contribution in [1.29, 1.82) is 0 Å². The number of rotatable bonds is 3. The Balaban J connectivity index is 1.16. The molecule has 11 rings (SSSR count). The van der Waals surface area contributed by atoms with Gasteiger partial charge in [0, 0.05) is 57.5 Å². The fourth-order valence-electron chi connectivity index (χ4n) is 7.41. The van der Waals surface area contributed by atoms with Crippen LogP contribution in [0.3, 0.4) is 0 Å². The van der Waals surface area contributed by atoms with Gasteiger partial charge in [-0.05, 0) is 40.6 Å². The molecule has 49 heavy (non-hydrogen) atoms. The molecule has 0 aliphatic carbocycles. The van der Waals surface area contributed by atoms with Gasteiger partial charge in [-0.3, -0.25) is 0 Å². The van der Waals surface area contributed by atoms with E-state index in [1.165, 1.54) is 41.0 Å². The molecule has 1 N–H and O–H groups in total. The zero-order valence-electron chi connectivity index (χ0n) is 26.0. The predicted octanol–water partition coefficient (Wildman–Crippen LogP) is 12.0. The first-order valence-corrected chi connectivity index (χ1v) is 18.0. The van der Waals surface area contributed by atoms with Crippen molar-refractivity contribution in [3.05, 3.63) is 156 Å². The fraction of sp³-hybridized carbons (Fsp3) is 0.0233. The average Bonchev–Trinajstić information content (AvgIpc) is 3.86. The maximum absolute atomic E-state index is 6.57. The van der Waals surface area contributed by atoms with Gasteiger partial charge in [0.05, 0.1) is 4.70 Å². The molecule has 0 saturated carbocycles. The molecule has 0 spiro atoms. The zero-order valence-corrected chi connectivity index (χ0v) is 27.6. The summed E-state index contributed by atoms with van der Waals surface area (Å²) in [4.78, 5) is 10.6. The third kappa shape index (κ3) is 4.08. The fourth-order valence-corrected chi connectivity index (χ4v) is 9.90. The summed E-state index contributed by atoms with van der Waals surface area (Å²) in [5.74, 6) is 1.53. The molecule has 230 valence electrons. The van der Waals surface area contributed by atoms with Gasteiger partial charge in [0.25, 0.3) is 0 Å². The maximum Gasteiger partial charge on any atom is 0.159 e. The molecule has 6 heteroatoms. The van der Waals surface area contributed by atoms with Crippen molar-refractivity contribution in [3.8, 4) is 0 Å². The van der Waals surface area contributed by atoms with Crippen LogP contribution in [0, 0.1) is 0 Å². The SMILES string of the molecule is c1ccc(C2N=C(c3ccc4c(c3)sc3c5ccccc5ccc43)N=C(c3cc4c5ccccc5oc4c4c3sc3ccccc34)N2)cc1. The number of benzene rings is 7. The van der Waals surface area contributed by atoms with Crippen molar-refractivity contribution in [3.63, 3.8) is 0 Å². The number of thiophene rings is 2. The summed E-state index contributed by atoms with van der Waals surface area (Å²) in [7, 11) is 0. The highest BCUT2D eigenvalue weighted by Gasteiger charge is 2.26. The number of nitrogens with zero attached hydrogens (tertiary/aromatic N) is 2. The Labute approximate surface area is 288 Å². The quantitative estimate of drug-likeness (QED) is 0.204. The zero-order chi connectivity index (χ0) is 32.1. The van der Waals surface area contributed by atoms with Crippen LogP contribution in [0.4, 0.5) is 0 Å². The maximum atomic E-state index is 6.57. The highest BCUT2D eigenvalue weighted by Crippen LogP contribution is 2.44. The normalized spacial score (nSPS) is 15.1. The molecule has 0 radical (unpaired) electrons. The first kappa shape index (κ1) is 27.2. The molecule has 0 fully saturated rings. The number of hydrogen-bond donors (Lipinski definition) is 1. The number of para-hydroxylation sites is 1. The Kier molecular flexibility index (Phi) is 5.73. The molecule has 1 unspecified atom stereocenters. The third-order valence-corrected chi connectivity index (χ3v) is 12.1. The van der Waals surface area contributed by atoms with E-state index in [0.717, 1.165) is 60.4 Å². The molecule has 4 nitrogen and oxygen atoms in total. The predicted molar refractivity (Wildman–Crippen MR) is 209 cm³/mol. The van der Waals surface area contributed by atoms with Crippen LogP contribution in [-0.2, 0) is 0 Å². The number of hydrogen-bond acceptors (Lipinski definition) is 6. The van der Waals surface area contributed by atoms with Crippen LogP contribution >= 0.6 is 22.7 Å². The second-order valence-corrected chi connectivity index (χ2v) is 14.7. The summed E-state index contributed by atoms with van der Waals surface area (Å²) >= 11 is 3.63. The van der Waals surface area contributed by atoms with Gasteiger partial charge in [-0.1, -0.05) is 115 Å². The van der Waals surface area contributed by atoms with Gasteiger partial charge in [0.1, 0.15) is 23.2 Å². The van der Waals surface area contributed by atoms with Crippen molar-refractivity contribution in [2.24, 2.45) is 9.98 Å². The number of fused-ring (bicyclic) bond motifs is 12. The van der Waals surface area contributed by atoms with Crippen molar-refractivity contribution in [2.75, 3.05) is 0 Å². The Hall–Kier alpha value is -5.82. The molecule has 4 heterocycles. The molecule has 10 aromatic rings. The van der Waals surface area contributed by atoms with E-state index in [4.69, 9.17) is 14.4 Å². The van der Waals surface area contributed by atoms with Crippen LogP contribution in [0.15, 0.2) is 154 Å². The largest absolute Gasteiger partial charge is 0.455 e. The number of amidine groups is 2. The molecule has 7 aromatic carbocycles. The Morgan fingerprint density at radius 1 is 0.571 bits per heavy atom. The van der Waals surface area contributed by atoms with Gasteiger partial charge in [0.15, 0.2) is 5.84 Å². The van der Waals surface area contributed by atoms with E-state index in [2.05, 4.69) is 133 Å². The van der Waals surface area contributed by atoms with Gasteiger partial charge in [-0.25, -0.2) is 9.98 Å². The summed E-state index contributed by atoms with van der Waals surface area (Å²) in [6, 6.07) is 49.4. The minimum absolute atomic E-state index is 0.299. The molecule has 1 aliphatic rings. The molecule has 0 bridgehead atoms. The molecular formula is C43H25N3OS2. The first-order valence-electron chi connectivity index (χ1n) is 16.3. The van der Waals surface area contributed by atoms with Crippen molar-refractivity contribution in [2.45, 2.75) is 6.17 Å². The van der Waals surface area contributed by atoms with Crippen LogP contribution < -0.4 is 5.32 Å². The second kappa shape index (κ2) is 10.3. The monoisotopic (exact) mass is 663 g/mol. The molecule has 1 atom stereocenters. The van der Waals surface area contributed by atoms with E-state index >= 15 is 0 Å². The van der Waals surface area contributed by atoms with Crippen molar-refractivity contribution < 1.29 is 4.42 Å². The molecule has 3 aromatic heterocycles. The Bertz CT molecular complexity index is 3040. The van der Waals surface area contributed by atoms with Gasteiger partial charge in [0.2, 0.25) is 0 Å². The van der Waals surface area contributed by atoms with Gasteiger partial charge in [-0.15, -0.1) is 22.7 Å². The lowest BCUT2D eigenvalue weighted by Crippen LogP contribution is -2.33. The van der Waals surface area contributed by atoms with E-state index < -0.39 is 0 Å². The van der Waals surface area contributed by atoms with Crippen LogP contribution in [-0.4, -0.2) is 11.7 Å². The minimum Gasteiger partial charge on any atom is -0.455 e. The lowest BCUT2D eigenvalue weighted by Gasteiger charge is -2.24. The summed E-state index contributed by atoms with van der Waals surface area (Å²) in [6.45, 7) is 0. The van der Waals surface area contributed by atoms with Gasteiger partial charge >= 0.3 is 0 Å². The van der Waals surface area contributed by atoms with E-state index in [-0.39, 0.29) is 6.17 Å². The minimum atomic E-state index is -0.299. The van der Waals surface area contributed by atoms with Crippen LogP contribution in [0.25, 0.3) is 73.1 Å². The smallest absolute Gasteiger partial charge is 0.159 e. The third-order valence-electron chi connectivity index (χ3n) is 9.72. The van der Waals surface area contributed by atoms with Crippen molar-refractivity contribution >= 4 is 107 Å². The lowest BCUT2D eigenvalue weighted by molar-refractivity contribution is 0.672. The summed E-state index contributed by atoms with van der Waals surface area (Å²) in [5.41, 5.74) is 4.96. The Morgan fingerprint density at radius 2 is 1.33 bits per heavy atom. The number of aliphatic imine (C=N–C) groups is 2. The standard InChI is InChI=1S/C43H25N3OS2/c1-2-11-25(12-3-1)41-44-42(26-19-20-29-30-21-18-24-10-4-5-13-27(24)39(30)49-36(29)22-26)46-43(45-41)33-23-32-28-14-6-8-16-34(28)47-38(32)37-31-15-7-9-17-35(31)48-40(33)37/h1-23,41H,(H,44,45,46). The molecule has 0 amide bonds. The highest BCUT2D eigenvalue weighted by molar-refractivity contribution is 7.27. The molecular weight excluding hydrogens is 639 g/mol. The van der Waals surface area contributed by atoms with Crippen LogP contribution in [0.2, 0.25) is 0 Å². The first-order chi connectivity index (χ1) is 24.3. The van der Waals surface area contributed by atoms with Gasteiger partial charge < -0.3 is 9.73 Å². The molecule has 1 aliphatic heterocycles. The topological polar surface area (TPSA) is 49.9 Å². The van der Waals surface area contributed by atoms with Gasteiger partial charge in [-0.2, -0.15) is 0 Å². The number of nitrogens with one attached hydrogen (secondary N) is 1. The van der Waals surface area contributed by atoms with E-state index in [1.54, 1.807) is 11.3 Å². The van der Waals surface area contributed by atoms with Crippen LogP contribution in [0.5, 0.6) is 0 Å². The Morgan fingerprint density at radius 3 is 2.24 bits per heavy atom. The lowest BCUT2D eigenvalue weighted by atomic mass is 10.0. The second-order valence-electron chi connectivity index (χ2n) is 12.5. The summed E-state index contributed by atoms with van der Waals surface area (Å²) in [5, 5.41) is 13.4. The number of furan rings is 1. The van der Waals surface area contributed by atoms with Crippen LogP contribution in [0.1, 0.15) is 22.9 Å². The molecule has 0 saturated heterocycles. The van der Waals surface area contributed by atoms with E-state index in [0.29, 0.717) is 0 Å². The summed E-state index contributed by atoms with van der Waals surface area (Å²) < 4.78 is 11.5.